The van der Waals surface area contributed by atoms with Crippen LogP contribution in [0.5, 0.6) is 0 Å². The van der Waals surface area contributed by atoms with Crippen molar-refractivity contribution in [2.75, 3.05) is 7.11 Å². The highest BCUT2D eigenvalue weighted by atomic mass is 35.5. The van der Waals surface area contributed by atoms with Crippen molar-refractivity contribution < 1.29 is 9.53 Å². The van der Waals surface area contributed by atoms with Crippen molar-refractivity contribution in [2.45, 2.75) is 0 Å². The average molecular weight is 299 g/mol. The number of allylic oxidation sites excluding steroid dienone is 1. The van der Waals surface area contributed by atoms with Crippen LogP contribution < -0.4 is 0 Å². The van der Waals surface area contributed by atoms with Gasteiger partial charge in [-0.05, 0) is 28.8 Å². The lowest BCUT2D eigenvalue weighted by molar-refractivity contribution is -0.103. The minimum Gasteiger partial charge on any atom is -0.504 e. The summed E-state index contributed by atoms with van der Waals surface area (Å²) in [5.74, 6) is 0. The van der Waals surface area contributed by atoms with Gasteiger partial charge in [0.15, 0.2) is 6.29 Å². The molecule has 0 saturated carbocycles. The minimum absolute atomic E-state index is 0.519. The minimum atomic E-state index is 0.519. The van der Waals surface area contributed by atoms with Crippen molar-refractivity contribution in [1.29, 1.82) is 0 Å². The third-order valence-electron chi connectivity index (χ3n) is 2.95. The Labute approximate surface area is 129 Å². The predicted molar refractivity (Wildman–Crippen MR) is 87.9 cm³/mol. The maximum absolute atomic E-state index is 10.9. The van der Waals surface area contributed by atoms with Gasteiger partial charge in [0.2, 0.25) is 0 Å². The number of hydrogen-bond acceptors (Lipinski definition) is 2. The third-order valence-corrected chi connectivity index (χ3v) is 3.21. The SMILES string of the molecule is COC=C(C=O)c1ccc(C=Cc2ccc(Cl)cc2)cc1. The fourth-order valence-corrected chi connectivity index (χ4v) is 1.97. The van der Waals surface area contributed by atoms with Gasteiger partial charge >= 0.3 is 0 Å². The van der Waals surface area contributed by atoms with E-state index in [0.29, 0.717) is 5.57 Å². The molecule has 0 aromatic heterocycles. The van der Waals surface area contributed by atoms with Crippen molar-refractivity contribution in [3.05, 3.63) is 76.5 Å². The van der Waals surface area contributed by atoms with E-state index in [-0.39, 0.29) is 0 Å². The fraction of sp³-hybridized carbons (Fsp3) is 0.0556. The highest BCUT2D eigenvalue weighted by Gasteiger charge is 1.99. The maximum Gasteiger partial charge on any atom is 0.153 e. The molecule has 0 atom stereocenters. The topological polar surface area (TPSA) is 26.3 Å². The first-order valence-corrected chi connectivity index (χ1v) is 6.83. The largest absolute Gasteiger partial charge is 0.504 e. The summed E-state index contributed by atoms with van der Waals surface area (Å²) in [4.78, 5) is 10.9. The first-order chi connectivity index (χ1) is 10.2. The number of carbonyl (C=O) groups is 1. The zero-order valence-electron chi connectivity index (χ0n) is 11.6. The molecule has 0 fully saturated rings. The highest BCUT2D eigenvalue weighted by Crippen LogP contribution is 2.16. The molecule has 0 spiro atoms. The Bertz CT molecular complexity index is 653. The molecule has 2 aromatic carbocycles. The first-order valence-electron chi connectivity index (χ1n) is 6.45. The summed E-state index contributed by atoms with van der Waals surface area (Å²) >= 11 is 5.85. The summed E-state index contributed by atoms with van der Waals surface area (Å²) in [6, 6.07) is 15.3. The van der Waals surface area contributed by atoms with E-state index in [1.807, 2.05) is 60.7 Å². The van der Waals surface area contributed by atoms with Crippen LogP contribution in [-0.2, 0) is 9.53 Å². The summed E-state index contributed by atoms with van der Waals surface area (Å²) in [5, 5.41) is 0.725. The van der Waals surface area contributed by atoms with Crippen LogP contribution in [0.3, 0.4) is 0 Å². The molecule has 2 aromatic rings. The van der Waals surface area contributed by atoms with Gasteiger partial charge in [-0.1, -0.05) is 60.2 Å². The van der Waals surface area contributed by atoms with Crippen molar-refractivity contribution in [3.63, 3.8) is 0 Å². The molecule has 0 N–H and O–H groups in total. The number of aldehydes is 1. The molecule has 0 aliphatic heterocycles. The second kappa shape index (κ2) is 7.46. The second-order valence-corrected chi connectivity index (χ2v) is 4.87. The lowest BCUT2D eigenvalue weighted by Crippen LogP contribution is -1.87. The molecule has 0 aliphatic rings. The number of methoxy groups -OCH3 is 1. The first kappa shape index (κ1) is 15.1. The van der Waals surface area contributed by atoms with E-state index < -0.39 is 0 Å². The van der Waals surface area contributed by atoms with E-state index in [1.54, 1.807) is 0 Å². The lowest BCUT2D eigenvalue weighted by Gasteiger charge is -2.01. The molecule has 0 saturated heterocycles. The number of benzene rings is 2. The van der Waals surface area contributed by atoms with Crippen LogP contribution in [0.2, 0.25) is 5.02 Å². The van der Waals surface area contributed by atoms with E-state index in [9.17, 15) is 4.79 Å². The Morgan fingerprint density at radius 2 is 1.48 bits per heavy atom. The summed E-state index contributed by atoms with van der Waals surface area (Å²) in [7, 11) is 1.52. The van der Waals surface area contributed by atoms with Gasteiger partial charge in [-0.15, -0.1) is 0 Å². The van der Waals surface area contributed by atoms with Crippen LogP contribution >= 0.6 is 11.6 Å². The molecule has 3 heteroatoms. The molecule has 0 radical (unpaired) electrons. The number of ether oxygens (including phenoxy) is 1. The van der Waals surface area contributed by atoms with Gasteiger partial charge in [-0.3, -0.25) is 4.79 Å². The highest BCUT2D eigenvalue weighted by molar-refractivity contribution is 6.30. The molecule has 0 aliphatic carbocycles. The lowest BCUT2D eigenvalue weighted by atomic mass is 10.1. The van der Waals surface area contributed by atoms with Crippen molar-refractivity contribution in [3.8, 4) is 0 Å². The summed E-state index contributed by atoms with van der Waals surface area (Å²) < 4.78 is 4.88. The molecule has 106 valence electrons. The van der Waals surface area contributed by atoms with E-state index in [1.165, 1.54) is 13.4 Å². The Hall–Kier alpha value is -2.32. The molecular weight excluding hydrogens is 284 g/mol. The predicted octanol–water partition coefficient (Wildman–Crippen LogP) is 4.70. The van der Waals surface area contributed by atoms with E-state index in [2.05, 4.69) is 0 Å². The quantitative estimate of drug-likeness (QED) is 0.346. The molecule has 2 nitrogen and oxygen atoms in total. The molecule has 0 heterocycles. The van der Waals surface area contributed by atoms with Crippen LogP contribution in [0.25, 0.3) is 17.7 Å². The van der Waals surface area contributed by atoms with Gasteiger partial charge in [-0.25, -0.2) is 0 Å². The summed E-state index contributed by atoms with van der Waals surface area (Å²) in [6.45, 7) is 0. The van der Waals surface area contributed by atoms with E-state index in [4.69, 9.17) is 16.3 Å². The van der Waals surface area contributed by atoms with Crippen molar-refractivity contribution in [1.82, 2.24) is 0 Å². The Balaban J connectivity index is 2.14. The smallest absolute Gasteiger partial charge is 0.153 e. The normalized spacial score (nSPS) is 11.6. The van der Waals surface area contributed by atoms with Gasteiger partial charge in [0.1, 0.15) is 0 Å². The standard InChI is InChI=1S/C18H15ClO2/c1-21-13-17(12-20)16-8-4-14(5-9-16)2-3-15-6-10-18(19)11-7-15/h2-13H,1H3. The van der Waals surface area contributed by atoms with Crippen LogP contribution in [-0.4, -0.2) is 13.4 Å². The molecular formula is C18H15ClO2. The number of halogens is 1. The fourth-order valence-electron chi connectivity index (χ4n) is 1.84. The molecule has 21 heavy (non-hydrogen) atoms. The molecule has 0 unspecified atom stereocenters. The molecule has 0 amide bonds. The Morgan fingerprint density at radius 3 is 1.95 bits per heavy atom. The van der Waals surface area contributed by atoms with Crippen LogP contribution in [0.15, 0.2) is 54.8 Å². The van der Waals surface area contributed by atoms with Gasteiger partial charge in [0.05, 0.1) is 18.9 Å². The van der Waals surface area contributed by atoms with Gasteiger partial charge in [0.25, 0.3) is 0 Å². The van der Waals surface area contributed by atoms with Gasteiger partial charge in [0, 0.05) is 5.02 Å². The summed E-state index contributed by atoms with van der Waals surface area (Å²) in [6.07, 6.45) is 6.23. The van der Waals surface area contributed by atoms with Crippen LogP contribution in [0, 0.1) is 0 Å². The van der Waals surface area contributed by atoms with Crippen molar-refractivity contribution in [2.24, 2.45) is 0 Å². The Kier molecular flexibility index (Phi) is 5.35. The third kappa shape index (κ3) is 4.33. The van der Waals surface area contributed by atoms with Crippen LogP contribution in [0.1, 0.15) is 16.7 Å². The zero-order valence-corrected chi connectivity index (χ0v) is 12.4. The average Bonchev–Trinajstić information content (AvgIpc) is 2.53. The maximum atomic E-state index is 10.9. The number of carbonyl (C=O) groups excluding carboxylic acids is 1. The second-order valence-electron chi connectivity index (χ2n) is 4.43. The van der Waals surface area contributed by atoms with Crippen molar-refractivity contribution >= 4 is 35.6 Å². The molecule has 0 bridgehead atoms. The van der Waals surface area contributed by atoms with Gasteiger partial charge in [-0.2, -0.15) is 0 Å². The Morgan fingerprint density at radius 1 is 0.952 bits per heavy atom. The van der Waals surface area contributed by atoms with E-state index >= 15 is 0 Å². The number of rotatable bonds is 5. The summed E-state index contributed by atoms with van der Waals surface area (Å²) in [5.41, 5.74) is 3.48. The zero-order chi connectivity index (χ0) is 15.1. The molecule has 2 rings (SSSR count). The van der Waals surface area contributed by atoms with Crippen LogP contribution in [0.4, 0.5) is 0 Å². The number of hydrogen-bond donors (Lipinski definition) is 0. The van der Waals surface area contributed by atoms with E-state index in [0.717, 1.165) is 28.0 Å². The monoisotopic (exact) mass is 298 g/mol. The van der Waals surface area contributed by atoms with Gasteiger partial charge < -0.3 is 4.74 Å².